The van der Waals surface area contributed by atoms with E-state index in [2.05, 4.69) is 33.0 Å². The molecule has 0 aromatic heterocycles. The second-order valence-corrected chi connectivity index (χ2v) is 8.10. The molecule has 25 heavy (non-hydrogen) atoms. The Kier molecular flexibility index (Phi) is 5.07. The number of hydrogen-bond donors (Lipinski definition) is 2. The maximum Gasteiger partial charge on any atom is 0.494 e. The first-order valence-electron chi connectivity index (χ1n) is 9.25. The number of rotatable bonds is 5. The van der Waals surface area contributed by atoms with Crippen LogP contribution in [0, 0.1) is 5.41 Å². The van der Waals surface area contributed by atoms with Crippen molar-refractivity contribution in [3.63, 3.8) is 0 Å². The minimum Gasteiger partial charge on any atom is -0.399 e. The van der Waals surface area contributed by atoms with Gasteiger partial charge in [-0.05, 0) is 51.6 Å². The zero-order valence-electron chi connectivity index (χ0n) is 15.8. The van der Waals surface area contributed by atoms with Gasteiger partial charge in [-0.3, -0.25) is 0 Å². The quantitative estimate of drug-likeness (QED) is 0.637. The van der Waals surface area contributed by atoms with Crippen LogP contribution in [0.2, 0.25) is 0 Å². The number of allylic oxidation sites excluding steroid dienone is 1. The summed E-state index contributed by atoms with van der Waals surface area (Å²) in [6.07, 6.45) is 8.44. The van der Waals surface area contributed by atoms with E-state index in [0.717, 1.165) is 16.6 Å². The highest BCUT2D eigenvalue weighted by molar-refractivity contribution is 6.62. The zero-order valence-corrected chi connectivity index (χ0v) is 15.8. The van der Waals surface area contributed by atoms with Gasteiger partial charge in [0.1, 0.15) is 0 Å². The monoisotopic (exact) mass is 340 g/mol. The number of benzene rings is 1. The van der Waals surface area contributed by atoms with Gasteiger partial charge >= 0.3 is 7.12 Å². The van der Waals surface area contributed by atoms with Crippen molar-refractivity contribution >= 4 is 24.4 Å². The van der Waals surface area contributed by atoms with E-state index in [1.54, 1.807) is 0 Å². The van der Waals surface area contributed by atoms with Crippen LogP contribution in [0.4, 0.5) is 0 Å². The highest BCUT2D eigenvalue weighted by Crippen LogP contribution is 2.36. The van der Waals surface area contributed by atoms with Gasteiger partial charge in [0.15, 0.2) is 0 Å². The van der Waals surface area contributed by atoms with Gasteiger partial charge in [0.2, 0.25) is 0 Å². The fourth-order valence-corrected chi connectivity index (χ4v) is 3.32. The fraction of sp³-hybridized carbons (Fsp3) is 0.550. The van der Waals surface area contributed by atoms with E-state index in [1.165, 1.54) is 31.9 Å². The Hall–Kier alpha value is -1.59. The Bertz CT molecular complexity index is 630. The van der Waals surface area contributed by atoms with Crippen molar-refractivity contribution in [1.82, 2.24) is 5.32 Å². The Balaban J connectivity index is 1.71. The van der Waals surface area contributed by atoms with Gasteiger partial charge in [0.25, 0.3) is 0 Å². The molecule has 2 aliphatic rings. The van der Waals surface area contributed by atoms with Crippen LogP contribution in [0.5, 0.6) is 0 Å². The normalized spacial score (nSPS) is 23.0. The highest BCUT2D eigenvalue weighted by Gasteiger charge is 2.51. The largest absolute Gasteiger partial charge is 0.494 e. The average Bonchev–Trinajstić information content (AvgIpc) is 3.15. The maximum atomic E-state index is 7.71. The first-order chi connectivity index (χ1) is 11.8. The molecule has 1 saturated carbocycles. The lowest BCUT2D eigenvalue weighted by atomic mass is 9.78. The van der Waals surface area contributed by atoms with E-state index in [9.17, 15) is 0 Å². The summed E-state index contributed by atoms with van der Waals surface area (Å²) in [6.45, 7) is 8.25. The standard InChI is InChI=1S/C20H29BN2O2/c1-19(2)20(3,4)25-21(24-19)17-11-9-15(10-12-17)16(13-22)14-23-18-7-5-6-8-18/h9-14,18,22-23H,5-8H2,1-4H3/b16-14+,22-13?. The van der Waals surface area contributed by atoms with Crippen molar-refractivity contribution in [3.8, 4) is 0 Å². The molecule has 4 nitrogen and oxygen atoms in total. The van der Waals surface area contributed by atoms with Crippen LogP contribution in [-0.4, -0.2) is 30.6 Å². The average molecular weight is 340 g/mol. The molecule has 1 aliphatic carbocycles. The third-order valence-electron chi connectivity index (χ3n) is 5.75. The Labute approximate surface area is 151 Å². The highest BCUT2D eigenvalue weighted by atomic mass is 16.7. The van der Waals surface area contributed by atoms with Gasteiger partial charge in [-0.2, -0.15) is 0 Å². The van der Waals surface area contributed by atoms with Crippen molar-refractivity contribution in [1.29, 1.82) is 5.41 Å². The molecule has 1 aromatic carbocycles. The van der Waals surface area contributed by atoms with Crippen molar-refractivity contribution in [2.75, 3.05) is 0 Å². The molecule has 3 rings (SSSR count). The molecule has 0 radical (unpaired) electrons. The lowest BCUT2D eigenvalue weighted by Crippen LogP contribution is -2.41. The Morgan fingerprint density at radius 1 is 1.08 bits per heavy atom. The van der Waals surface area contributed by atoms with E-state index < -0.39 is 0 Å². The van der Waals surface area contributed by atoms with Gasteiger partial charge in [0.05, 0.1) is 11.2 Å². The molecular weight excluding hydrogens is 311 g/mol. The molecule has 5 heteroatoms. The van der Waals surface area contributed by atoms with Gasteiger partial charge in [-0.15, -0.1) is 0 Å². The van der Waals surface area contributed by atoms with Crippen LogP contribution >= 0.6 is 0 Å². The molecule has 1 aliphatic heterocycles. The van der Waals surface area contributed by atoms with Crippen molar-refractivity contribution in [2.24, 2.45) is 0 Å². The molecule has 2 N–H and O–H groups in total. The SMILES string of the molecule is CC1(C)OB(c2ccc(/C(C=N)=C/NC3CCCC3)cc2)OC1(C)C. The lowest BCUT2D eigenvalue weighted by Gasteiger charge is -2.32. The molecule has 1 heterocycles. The summed E-state index contributed by atoms with van der Waals surface area (Å²) in [6, 6.07) is 8.69. The van der Waals surface area contributed by atoms with Crippen molar-refractivity contribution < 1.29 is 9.31 Å². The Morgan fingerprint density at radius 2 is 1.64 bits per heavy atom. The maximum absolute atomic E-state index is 7.71. The number of nitrogens with one attached hydrogen (secondary N) is 2. The molecule has 1 aromatic rings. The van der Waals surface area contributed by atoms with E-state index in [4.69, 9.17) is 14.7 Å². The lowest BCUT2D eigenvalue weighted by molar-refractivity contribution is 0.00578. The van der Waals surface area contributed by atoms with Gasteiger partial charge in [0, 0.05) is 24.0 Å². The molecule has 2 fully saturated rings. The second-order valence-electron chi connectivity index (χ2n) is 8.10. The summed E-state index contributed by atoms with van der Waals surface area (Å²) < 4.78 is 12.2. The molecule has 0 bridgehead atoms. The Morgan fingerprint density at radius 3 is 2.16 bits per heavy atom. The molecular formula is C20H29BN2O2. The molecule has 0 spiro atoms. The summed E-state index contributed by atoms with van der Waals surface area (Å²) >= 11 is 0. The number of hydrogen-bond acceptors (Lipinski definition) is 4. The molecule has 0 atom stereocenters. The van der Waals surface area contributed by atoms with Gasteiger partial charge in [-0.1, -0.05) is 37.1 Å². The first-order valence-corrected chi connectivity index (χ1v) is 9.25. The van der Waals surface area contributed by atoms with Gasteiger partial charge < -0.3 is 20.0 Å². The van der Waals surface area contributed by atoms with Crippen molar-refractivity contribution in [3.05, 3.63) is 36.0 Å². The van der Waals surface area contributed by atoms with Crippen molar-refractivity contribution in [2.45, 2.75) is 70.6 Å². The van der Waals surface area contributed by atoms with Gasteiger partial charge in [-0.25, -0.2) is 0 Å². The predicted octanol–water partition coefficient (Wildman–Crippen LogP) is 3.51. The summed E-state index contributed by atoms with van der Waals surface area (Å²) in [5.41, 5.74) is 2.27. The minimum atomic E-state index is -0.344. The molecule has 134 valence electrons. The molecule has 1 saturated heterocycles. The van der Waals surface area contributed by atoms with Crippen LogP contribution in [-0.2, 0) is 9.31 Å². The zero-order chi connectivity index (χ0) is 18.1. The summed E-state index contributed by atoms with van der Waals surface area (Å²) in [4.78, 5) is 0. The van der Waals surface area contributed by atoms with Crippen LogP contribution in [0.15, 0.2) is 30.5 Å². The predicted molar refractivity (Wildman–Crippen MR) is 104 cm³/mol. The van der Waals surface area contributed by atoms with Crippen LogP contribution in [0.3, 0.4) is 0 Å². The second kappa shape index (κ2) is 6.97. The first kappa shape index (κ1) is 18.2. The summed E-state index contributed by atoms with van der Waals surface area (Å²) in [5.74, 6) is 0. The van der Waals surface area contributed by atoms with E-state index in [-0.39, 0.29) is 18.3 Å². The third kappa shape index (κ3) is 3.83. The van der Waals surface area contributed by atoms with Crippen LogP contribution in [0.1, 0.15) is 58.9 Å². The van der Waals surface area contributed by atoms with Crippen LogP contribution in [0.25, 0.3) is 5.57 Å². The summed E-state index contributed by atoms with van der Waals surface area (Å²) in [5, 5.41) is 11.2. The van der Waals surface area contributed by atoms with E-state index in [1.807, 2.05) is 30.5 Å². The fourth-order valence-electron chi connectivity index (χ4n) is 3.32. The smallest absolute Gasteiger partial charge is 0.399 e. The topological polar surface area (TPSA) is 54.3 Å². The van der Waals surface area contributed by atoms with E-state index >= 15 is 0 Å². The molecule has 0 unspecified atom stereocenters. The van der Waals surface area contributed by atoms with E-state index in [0.29, 0.717) is 6.04 Å². The minimum absolute atomic E-state index is 0.332. The summed E-state index contributed by atoms with van der Waals surface area (Å²) in [7, 11) is -0.344. The third-order valence-corrected chi connectivity index (χ3v) is 5.75. The molecule has 0 amide bonds. The van der Waals surface area contributed by atoms with Crippen LogP contribution < -0.4 is 10.8 Å².